The molecule has 1 fully saturated rings. The highest BCUT2D eigenvalue weighted by Crippen LogP contribution is 2.15. The first kappa shape index (κ1) is 32.6. The minimum absolute atomic E-state index is 0.0217. The molecule has 2 rings (SSSR count). The zero-order valence-electron chi connectivity index (χ0n) is 22.6. The molecular formula is C26H42N2O11. The Bertz CT molecular complexity index is 746. The van der Waals surface area contributed by atoms with Gasteiger partial charge in [0.25, 0.3) is 11.8 Å². The van der Waals surface area contributed by atoms with Crippen molar-refractivity contribution < 1.29 is 52.4 Å². The van der Waals surface area contributed by atoms with Crippen molar-refractivity contribution in [2.45, 2.75) is 57.5 Å². The summed E-state index contributed by atoms with van der Waals surface area (Å²) in [6.07, 6.45) is 8.73. The molecule has 1 unspecified atom stereocenters. The Hall–Kier alpha value is -2.58. The summed E-state index contributed by atoms with van der Waals surface area (Å²) in [5, 5.41) is 3.23. The highest BCUT2D eigenvalue weighted by Gasteiger charge is 2.32. The minimum Gasteiger partial charge on any atom is -0.446 e. The second-order valence-electron chi connectivity index (χ2n) is 8.79. The predicted molar refractivity (Wildman–Crippen MR) is 136 cm³/mol. The summed E-state index contributed by atoms with van der Waals surface area (Å²) in [6.45, 7) is 3.97. The van der Waals surface area contributed by atoms with E-state index in [2.05, 4.69) is 17.5 Å². The molecule has 3 amide bonds. The lowest BCUT2D eigenvalue weighted by atomic mass is 10.0. The average molecular weight is 559 g/mol. The molecule has 0 aromatic heterocycles. The van der Waals surface area contributed by atoms with Crippen molar-refractivity contribution >= 4 is 23.9 Å². The van der Waals surface area contributed by atoms with Crippen LogP contribution in [0.1, 0.15) is 51.4 Å². The molecule has 39 heavy (non-hydrogen) atoms. The first-order chi connectivity index (χ1) is 19.1. The second-order valence-corrected chi connectivity index (χ2v) is 8.79. The van der Waals surface area contributed by atoms with Crippen molar-refractivity contribution in [3.05, 3.63) is 12.2 Å². The standard InChI is InChI=1S/C26H42N2O11/c29-23-8-9-24(30)28(23)39-25(31)10-12-33-14-16-35-18-20-37-21-19-36-17-15-34-13-11-27-26(32)38-22-6-4-2-1-3-5-7-22/h1-2,22H,3-21H2,(H,27,32)/b2-1-. The van der Waals surface area contributed by atoms with E-state index in [0.29, 0.717) is 64.5 Å². The van der Waals surface area contributed by atoms with E-state index in [1.54, 1.807) is 0 Å². The quantitative estimate of drug-likeness (QED) is 0.132. The zero-order chi connectivity index (χ0) is 28.0. The van der Waals surface area contributed by atoms with E-state index in [1.807, 2.05) is 0 Å². The summed E-state index contributed by atoms with van der Waals surface area (Å²) in [5.41, 5.74) is 0. The number of hydroxylamine groups is 2. The lowest BCUT2D eigenvalue weighted by Crippen LogP contribution is -2.32. The van der Waals surface area contributed by atoms with Crippen molar-refractivity contribution in [3.63, 3.8) is 0 Å². The molecule has 0 bridgehead atoms. The molecular weight excluding hydrogens is 516 g/mol. The number of hydrogen-bond acceptors (Lipinski definition) is 11. The smallest absolute Gasteiger partial charge is 0.407 e. The third kappa shape index (κ3) is 16.2. The van der Waals surface area contributed by atoms with Gasteiger partial charge in [-0.15, -0.1) is 5.06 Å². The average Bonchev–Trinajstić information content (AvgIpc) is 3.21. The molecule has 0 spiro atoms. The largest absolute Gasteiger partial charge is 0.446 e. The Morgan fingerprint density at radius 1 is 0.744 bits per heavy atom. The van der Waals surface area contributed by atoms with Crippen molar-refractivity contribution in [1.29, 1.82) is 0 Å². The van der Waals surface area contributed by atoms with Crippen LogP contribution in [0.4, 0.5) is 4.79 Å². The summed E-state index contributed by atoms with van der Waals surface area (Å²) in [6, 6.07) is 0. The van der Waals surface area contributed by atoms with Gasteiger partial charge < -0.3 is 38.6 Å². The van der Waals surface area contributed by atoms with Gasteiger partial charge in [0.1, 0.15) is 6.10 Å². The summed E-state index contributed by atoms with van der Waals surface area (Å²) >= 11 is 0. The van der Waals surface area contributed by atoms with E-state index < -0.39 is 23.9 Å². The van der Waals surface area contributed by atoms with Gasteiger partial charge in [-0.05, 0) is 32.1 Å². The fourth-order valence-electron chi connectivity index (χ4n) is 3.60. The van der Waals surface area contributed by atoms with Gasteiger partial charge in [-0.2, -0.15) is 0 Å². The summed E-state index contributed by atoms with van der Waals surface area (Å²) in [4.78, 5) is 50.9. The van der Waals surface area contributed by atoms with Gasteiger partial charge in [-0.3, -0.25) is 9.59 Å². The number of amides is 3. The number of nitrogens with one attached hydrogen (secondary N) is 1. The first-order valence-corrected chi connectivity index (χ1v) is 13.6. The normalized spacial score (nSPS) is 18.5. The number of carbonyl (C=O) groups is 4. The van der Waals surface area contributed by atoms with Gasteiger partial charge in [0.05, 0.1) is 72.5 Å². The van der Waals surface area contributed by atoms with Crippen LogP contribution in [-0.2, 0) is 47.6 Å². The van der Waals surface area contributed by atoms with Crippen LogP contribution in [-0.4, -0.2) is 108 Å². The van der Waals surface area contributed by atoms with Crippen LogP contribution in [0.5, 0.6) is 0 Å². The van der Waals surface area contributed by atoms with Crippen molar-refractivity contribution in [1.82, 2.24) is 10.4 Å². The van der Waals surface area contributed by atoms with E-state index >= 15 is 0 Å². The monoisotopic (exact) mass is 558 g/mol. The zero-order valence-corrected chi connectivity index (χ0v) is 22.6. The number of alkyl carbamates (subject to hydrolysis) is 1. The molecule has 0 radical (unpaired) electrons. The Labute approximate surface area is 229 Å². The van der Waals surface area contributed by atoms with Crippen LogP contribution in [0, 0.1) is 0 Å². The van der Waals surface area contributed by atoms with Gasteiger partial charge in [0.15, 0.2) is 0 Å². The molecule has 1 N–H and O–H groups in total. The number of hydrogen-bond donors (Lipinski definition) is 1. The highest BCUT2D eigenvalue weighted by molar-refractivity contribution is 6.01. The highest BCUT2D eigenvalue weighted by atomic mass is 16.7. The molecule has 0 aromatic carbocycles. The van der Waals surface area contributed by atoms with Crippen LogP contribution < -0.4 is 5.32 Å². The topological polar surface area (TPSA) is 148 Å². The van der Waals surface area contributed by atoms with Gasteiger partial charge in [-0.25, -0.2) is 9.59 Å². The van der Waals surface area contributed by atoms with Gasteiger partial charge in [-0.1, -0.05) is 12.2 Å². The Kier molecular flexibility index (Phi) is 17.8. The fraction of sp³-hybridized carbons (Fsp3) is 0.769. The molecule has 13 nitrogen and oxygen atoms in total. The molecule has 1 atom stereocenters. The molecule has 0 aromatic rings. The number of allylic oxidation sites excluding steroid dienone is 2. The number of ether oxygens (including phenoxy) is 6. The van der Waals surface area contributed by atoms with Gasteiger partial charge >= 0.3 is 12.1 Å². The molecule has 2 aliphatic rings. The minimum atomic E-state index is -0.700. The van der Waals surface area contributed by atoms with E-state index in [9.17, 15) is 19.2 Å². The van der Waals surface area contributed by atoms with E-state index in [1.165, 1.54) is 0 Å². The number of imide groups is 1. The van der Waals surface area contributed by atoms with Crippen molar-refractivity contribution in [3.8, 4) is 0 Å². The molecule has 1 aliphatic heterocycles. The van der Waals surface area contributed by atoms with E-state index in [0.717, 1.165) is 32.1 Å². The molecule has 1 aliphatic carbocycles. The summed E-state index contributed by atoms with van der Waals surface area (Å²) in [5.74, 6) is -1.72. The number of rotatable bonds is 20. The lowest BCUT2D eigenvalue weighted by molar-refractivity contribution is -0.198. The summed E-state index contributed by atoms with van der Waals surface area (Å²) in [7, 11) is 0. The second kappa shape index (κ2) is 21.3. The molecule has 1 heterocycles. The maximum atomic E-state index is 11.9. The van der Waals surface area contributed by atoms with Crippen LogP contribution >= 0.6 is 0 Å². The molecule has 222 valence electrons. The third-order valence-corrected chi connectivity index (χ3v) is 5.65. The van der Waals surface area contributed by atoms with Crippen LogP contribution in [0.15, 0.2) is 12.2 Å². The molecule has 0 saturated carbocycles. The first-order valence-electron chi connectivity index (χ1n) is 13.6. The third-order valence-electron chi connectivity index (χ3n) is 5.65. The number of carbonyl (C=O) groups excluding carboxylic acids is 4. The van der Waals surface area contributed by atoms with Crippen LogP contribution in [0.2, 0.25) is 0 Å². The van der Waals surface area contributed by atoms with Gasteiger partial charge in [0.2, 0.25) is 0 Å². The molecule has 1 saturated heterocycles. The Morgan fingerprint density at radius 2 is 1.28 bits per heavy atom. The lowest BCUT2D eigenvalue weighted by Gasteiger charge is -2.18. The Balaban J connectivity index is 1.25. The summed E-state index contributed by atoms with van der Waals surface area (Å²) < 4.78 is 32.3. The maximum Gasteiger partial charge on any atom is 0.407 e. The van der Waals surface area contributed by atoms with E-state index in [4.69, 9.17) is 33.3 Å². The van der Waals surface area contributed by atoms with Crippen molar-refractivity contribution in [2.24, 2.45) is 0 Å². The Morgan fingerprint density at radius 3 is 1.90 bits per heavy atom. The SMILES string of the molecule is O=C(CCOCCOCCOCCOCCOCCNC(=O)OC1CC/C=C\CCC1)ON1C(=O)CCC1=O. The molecule has 13 heteroatoms. The fourth-order valence-corrected chi connectivity index (χ4v) is 3.60. The predicted octanol–water partition coefficient (Wildman–Crippen LogP) is 1.68. The number of nitrogens with zero attached hydrogens (tertiary/aromatic N) is 1. The van der Waals surface area contributed by atoms with Crippen molar-refractivity contribution in [2.75, 3.05) is 72.6 Å². The maximum absolute atomic E-state index is 11.9. The van der Waals surface area contributed by atoms with E-state index in [-0.39, 0.29) is 38.6 Å². The van der Waals surface area contributed by atoms with Crippen LogP contribution in [0.25, 0.3) is 0 Å². The van der Waals surface area contributed by atoms with Gasteiger partial charge in [0, 0.05) is 19.4 Å². The van der Waals surface area contributed by atoms with Crippen LogP contribution in [0.3, 0.4) is 0 Å².